The topological polar surface area (TPSA) is 29.1 Å². The van der Waals surface area contributed by atoms with Crippen molar-refractivity contribution >= 4 is 23.2 Å². The van der Waals surface area contributed by atoms with E-state index in [1.807, 2.05) is 6.07 Å². The third kappa shape index (κ3) is 3.24. The quantitative estimate of drug-likeness (QED) is 0.907. The number of benzene rings is 2. The highest BCUT2D eigenvalue weighted by molar-refractivity contribution is 6.30. The van der Waals surface area contributed by atoms with E-state index in [0.29, 0.717) is 5.02 Å². The van der Waals surface area contributed by atoms with Gasteiger partial charge in [0.1, 0.15) is 5.82 Å². The molecule has 0 aliphatic heterocycles. The molecule has 21 heavy (non-hydrogen) atoms. The van der Waals surface area contributed by atoms with Crippen LogP contribution >= 0.6 is 11.6 Å². The number of fused-ring (bicyclic) bond motifs is 1. The van der Waals surface area contributed by atoms with Crippen molar-refractivity contribution < 1.29 is 9.18 Å². The molecule has 108 valence electrons. The Balaban J connectivity index is 1.70. The van der Waals surface area contributed by atoms with E-state index in [-0.39, 0.29) is 18.0 Å². The first-order chi connectivity index (χ1) is 10.1. The van der Waals surface area contributed by atoms with E-state index in [2.05, 4.69) is 17.4 Å². The van der Waals surface area contributed by atoms with Gasteiger partial charge >= 0.3 is 0 Å². The van der Waals surface area contributed by atoms with E-state index in [4.69, 9.17) is 11.6 Å². The fraction of sp³-hybridized carbons (Fsp3) is 0.235. The van der Waals surface area contributed by atoms with Gasteiger partial charge < -0.3 is 5.32 Å². The van der Waals surface area contributed by atoms with Gasteiger partial charge in [0.2, 0.25) is 5.91 Å². The molecule has 1 amide bonds. The van der Waals surface area contributed by atoms with Gasteiger partial charge in [-0.2, -0.15) is 0 Å². The van der Waals surface area contributed by atoms with Crippen LogP contribution in [0.25, 0.3) is 0 Å². The van der Waals surface area contributed by atoms with E-state index >= 15 is 0 Å². The van der Waals surface area contributed by atoms with Gasteiger partial charge in [-0.3, -0.25) is 4.79 Å². The number of carbonyl (C=O) groups is 1. The van der Waals surface area contributed by atoms with Gasteiger partial charge in [-0.05, 0) is 54.2 Å². The van der Waals surface area contributed by atoms with Crippen molar-refractivity contribution in [3.05, 3.63) is 63.9 Å². The molecule has 0 atom stereocenters. The summed E-state index contributed by atoms with van der Waals surface area (Å²) in [6, 6.07) is 10.2. The lowest BCUT2D eigenvalue weighted by Crippen LogP contribution is -2.15. The minimum atomic E-state index is -0.485. The SMILES string of the molecule is O=C(Cc1ccc2c(c1)CCC2)Nc1cc(Cl)ccc1F. The lowest BCUT2D eigenvalue weighted by molar-refractivity contribution is -0.115. The van der Waals surface area contributed by atoms with Gasteiger partial charge in [-0.1, -0.05) is 29.8 Å². The molecule has 1 N–H and O–H groups in total. The summed E-state index contributed by atoms with van der Waals surface area (Å²) in [5.41, 5.74) is 3.78. The number of rotatable bonds is 3. The molecule has 0 radical (unpaired) electrons. The van der Waals surface area contributed by atoms with Crippen LogP contribution in [0.15, 0.2) is 36.4 Å². The van der Waals surface area contributed by atoms with Gasteiger partial charge in [0, 0.05) is 5.02 Å². The number of carbonyl (C=O) groups excluding carboxylic acids is 1. The molecule has 0 bridgehead atoms. The molecule has 0 aromatic heterocycles. The highest BCUT2D eigenvalue weighted by atomic mass is 35.5. The number of nitrogens with one attached hydrogen (secondary N) is 1. The zero-order valence-corrected chi connectivity index (χ0v) is 12.2. The van der Waals surface area contributed by atoms with Crippen LogP contribution in [0.3, 0.4) is 0 Å². The van der Waals surface area contributed by atoms with Crippen molar-refractivity contribution in [1.29, 1.82) is 0 Å². The number of amides is 1. The highest BCUT2D eigenvalue weighted by Gasteiger charge is 2.13. The predicted molar refractivity (Wildman–Crippen MR) is 82.2 cm³/mol. The van der Waals surface area contributed by atoms with Crippen LogP contribution in [0.4, 0.5) is 10.1 Å². The second kappa shape index (κ2) is 5.86. The fourth-order valence-corrected chi connectivity index (χ4v) is 2.88. The van der Waals surface area contributed by atoms with Crippen molar-refractivity contribution in [3.63, 3.8) is 0 Å². The van der Waals surface area contributed by atoms with Gasteiger partial charge in [0.05, 0.1) is 12.1 Å². The maximum Gasteiger partial charge on any atom is 0.228 e. The third-order valence-electron chi connectivity index (χ3n) is 3.73. The molecule has 2 aromatic carbocycles. The molecule has 0 heterocycles. The maximum atomic E-state index is 13.6. The average Bonchev–Trinajstić information content (AvgIpc) is 2.90. The van der Waals surface area contributed by atoms with Crippen LogP contribution in [0.5, 0.6) is 0 Å². The second-order valence-electron chi connectivity index (χ2n) is 5.31. The number of hydrogen-bond acceptors (Lipinski definition) is 1. The standard InChI is InChI=1S/C17H15ClFNO/c18-14-6-7-15(19)16(10-14)20-17(21)9-11-4-5-12-2-1-3-13(12)8-11/h4-8,10H,1-3,9H2,(H,20,21). The zero-order chi connectivity index (χ0) is 14.8. The molecule has 0 spiro atoms. The van der Waals surface area contributed by atoms with Crippen LogP contribution in [0.2, 0.25) is 5.02 Å². The molecule has 1 aliphatic carbocycles. The molecular weight excluding hydrogens is 289 g/mol. The van der Waals surface area contributed by atoms with E-state index in [1.165, 1.54) is 35.7 Å². The Morgan fingerprint density at radius 1 is 1.14 bits per heavy atom. The molecular formula is C17H15ClFNO. The van der Waals surface area contributed by atoms with Crippen LogP contribution in [0.1, 0.15) is 23.1 Å². The smallest absolute Gasteiger partial charge is 0.228 e. The minimum absolute atomic E-state index is 0.119. The third-order valence-corrected chi connectivity index (χ3v) is 3.97. The summed E-state index contributed by atoms with van der Waals surface area (Å²) >= 11 is 5.81. The summed E-state index contributed by atoms with van der Waals surface area (Å²) in [6.45, 7) is 0. The molecule has 0 saturated carbocycles. The lowest BCUT2D eigenvalue weighted by atomic mass is 10.0. The van der Waals surface area contributed by atoms with Gasteiger partial charge in [-0.25, -0.2) is 4.39 Å². The lowest BCUT2D eigenvalue weighted by Gasteiger charge is -2.08. The number of aryl methyl sites for hydroxylation is 2. The molecule has 2 nitrogen and oxygen atoms in total. The summed E-state index contributed by atoms with van der Waals surface area (Å²) in [5.74, 6) is -0.726. The van der Waals surface area contributed by atoms with Crippen molar-refractivity contribution in [1.82, 2.24) is 0 Å². The Labute approximate surface area is 127 Å². The summed E-state index contributed by atoms with van der Waals surface area (Å²) < 4.78 is 13.6. The van der Waals surface area contributed by atoms with Crippen molar-refractivity contribution in [2.75, 3.05) is 5.32 Å². The molecule has 1 aliphatic rings. The Morgan fingerprint density at radius 3 is 2.81 bits per heavy atom. The van der Waals surface area contributed by atoms with Crippen molar-refractivity contribution in [2.24, 2.45) is 0 Å². The van der Waals surface area contributed by atoms with Crippen LogP contribution in [-0.2, 0) is 24.1 Å². The Bertz CT molecular complexity index is 699. The fourth-order valence-electron chi connectivity index (χ4n) is 2.71. The first-order valence-electron chi connectivity index (χ1n) is 6.97. The summed E-state index contributed by atoms with van der Waals surface area (Å²) in [4.78, 5) is 12.0. The molecule has 3 rings (SSSR count). The van der Waals surface area contributed by atoms with Gasteiger partial charge in [0.25, 0.3) is 0 Å². The first-order valence-corrected chi connectivity index (χ1v) is 7.35. The predicted octanol–water partition coefficient (Wildman–Crippen LogP) is 4.15. The zero-order valence-electron chi connectivity index (χ0n) is 11.5. The number of halogens is 2. The first kappa shape index (κ1) is 14.1. The van der Waals surface area contributed by atoms with Crippen LogP contribution < -0.4 is 5.32 Å². The van der Waals surface area contributed by atoms with Gasteiger partial charge in [0.15, 0.2) is 0 Å². The maximum absolute atomic E-state index is 13.6. The van der Waals surface area contributed by atoms with E-state index in [0.717, 1.165) is 18.4 Å². The van der Waals surface area contributed by atoms with Gasteiger partial charge in [-0.15, -0.1) is 0 Å². The van der Waals surface area contributed by atoms with Crippen molar-refractivity contribution in [2.45, 2.75) is 25.7 Å². The molecule has 0 saturated heterocycles. The molecule has 2 aromatic rings. The van der Waals surface area contributed by atoms with Crippen LogP contribution in [0, 0.1) is 5.82 Å². The molecule has 0 fully saturated rings. The van der Waals surface area contributed by atoms with E-state index in [9.17, 15) is 9.18 Å². The van der Waals surface area contributed by atoms with Crippen LogP contribution in [-0.4, -0.2) is 5.91 Å². The number of hydrogen-bond donors (Lipinski definition) is 1. The Hall–Kier alpha value is -1.87. The summed E-state index contributed by atoms with van der Waals surface area (Å²) in [7, 11) is 0. The monoisotopic (exact) mass is 303 g/mol. The molecule has 4 heteroatoms. The average molecular weight is 304 g/mol. The Morgan fingerprint density at radius 2 is 1.95 bits per heavy atom. The van der Waals surface area contributed by atoms with E-state index in [1.54, 1.807) is 0 Å². The minimum Gasteiger partial charge on any atom is -0.323 e. The highest BCUT2D eigenvalue weighted by Crippen LogP contribution is 2.23. The van der Waals surface area contributed by atoms with Crippen molar-refractivity contribution in [3.8, 4) is 0 Å². The second-order valence-corrected chi connectivity index (χ2v) is 5.74. The molecule has 0 unspecified atom stereocenters. The summed E-state index contributed by atoms with van der Waals surface area (Å²) in [5, 5.41) is 2.96. The van der Waals surface area contributed by atoms with E-state index < -0.39 is 5.82 Å². The summed E-state index contributed by atoms with van der Waals surface area (Å²) in [6.07, 6.45) is 3.61. The Kier molecular flexibility index (Phi) is 3.93. The normalized spacial score (nSPS) is 13.0. The number of anilines is 1. The largest absolute Gasteiger partial charge is 0.323 e.